The van der Waals surface area contributed by atoms with E-state index < -0.39 is 0 Å². The zero-order chi connectivity index (χ0) is 20.1. The number of carbonyl (C=O) groups is 1. The Hall–Kier alpha value is -3.32. The van der Waals surface area contributed by atoms with Crippen molar-refractivity contribution in [2.45, 2.75) is 24.1 Å². The molecule has 29 heavy (non-hydrogen) atoms. The van der Waals surface area contributed by atoms with Gasteiger partial charge in [-0.1, -0.05) is 35.5 Å². The Labute approximate surface area is 172 Å². The van der Waals surface area contributed by atoms with Gasteiger partial charge in [-0.2, -0.15) is 5.10 Å². The van der Waals surface area contributed by atoms with Gasteiger partial charge in [-0.3, -0.25) is 4.79 Å². The van der Waals surface area contributed by atoms with Crippen LogP contribution in [0.5, 0.6) is 0 Å². The summed E-state index contributed by atoms with van der Waals surface area (Å²) in [4.78, 5) is 13.8. The zero-order valence-corrected chi connectivity index (χ0v) is 16.7. The lowest BCUT2D eigenvalue weighted by atomic mass is 10.1. The van der Waals surface area contributed by atoms with Crippen molar-refractivity contribution >= 4 is 17.7 Å². The van der Waals surface area contributed by atoms with Crippen LogP contribution in [-0.2, 0) is 12.3 Å². The Balaban J connectivity index is 1.46. The first-order valence-electron chi connectivity index (χ1n) is 9.21. The number of nitrogens with zero attached hydrogens (tertiary/aromatic N) is 3. The summed E-state index contributed by atoms with van der Waals surface area (Å²) in [5.41, 5.74) is 3.43. The van der Waals surface area contributed by atoms with Crippen LogP contribution < -0.4 is 5.32 Å². The van der Waals surface area contributed by atoms with Crippen LogP contribution in [-0.4, -0.2) is 20.8 Å². The van der Waals surface area contributed by atoms with E-state index in [1.807, 2.05) is 73.8 Å². The van der Waals surface area contributed by atoms with Gasteiger partial charge in [0.25, 0.3) is 5.91 Å². The molecule has 0 radical (unpaired) electrons. The maximum absolute atomic E-state index is 12.9. The average molecular weight is 404 g/mol. The lowest BCUT2D eigenvalue weighted by molar-refractivity contribution is 0.0948. The molecular weight excluding hydrogens is 384 g/mol. The summed E-state index contributed by atoms with van der Waals surface area (Å²) in [5.74, 6) is 1.29. The van der Waals surface area contributed by atoms with Crippen LogP contribution in [0, 0.1) is 6.92 Å². The molecule has 0 unspecified atom stereocenters. The Morgan fingerprint density at radius 1 is 1.14 bits per heavy atom. The maximum atomic E-state index is 12.9. The van der Waals surface area contributed by atoms with E-state index in [9.17, 15) is 4.79 Å². The van der Waals surface area contributed by atoms with Crippen molar-refractivity contribution in [1.82, 2.24) is 20.3 Å². The van der Waals surface area contributed by atoms with Gasteiger partial charge in [0.05, 0.1) is 22.7 Å². The molecule has 0 fully saturated rings. The van der Waals surface area contributed by atoms with Crippen molar-refractivity contribution < 1.29 is 9.32 Å². The first-order valence-corrected chi connectivity index (χ1v) is 10.2. The van der Waals surface area contributed by atoms with E-state index >= 15 is 0 Å². The highest BCUT2D eigenvalue weighted by Gasteiger charge is 2.13. The molecule has 6 nitrogen and oxygen atoms in total. The fourth-order valence-corrected chi connectivity index (χ4v) is 3.90. The quantitative estimate of drug-likeness (QED) is 0.463. The molecule has 0 bridgehead atoms. The van der Waals surface area contributed by atoms with Gasteiger partial charge in [0.1, 0.15) is 5.76 Å². The van der Waals surface area contributed by atoms with Crippen molar-refractivity contribution in [3.63, 3.8) is 0 Å². The van der Waals surface area contributed by atoms with Gasteiger partial charge >= 0.3 is 0 Å². The van der Waals surface area contributed by atoms with Gasteiger partial charge in [-0.25, -0.2) is 4.68 Å². The zero-order valence-electron chi connectivity index (χ0n) is 15.9. The molecule has 0 saturated heterocycles. The van der Waals surface area contributed by atoms with Crippen LogP contribution in [0.4, 0.5) is 0 Å². The van der Waals surface area contributed by atoms with Crippen LogP contribution in [0.1, 0.15) is 27.4 Å². The summed E-state index contributed by atoms with van der Waals surface area (Å²) in [6.07, 6.45) is 3.62. The van der Waals surface area contributed by atoms with E-state index in [4.69, 9.17) is 4.52 Å². The van der Waals surface area contributed by atoms with Crippen LogP contribution >= 0.6 is 11.8 Å². The number of aryl methyl sites for hydroxylation is 1. The third-order valence-corrected chi connectivity index (χ3v) is 5.46. The van der Waals surface area contributed by atoms with Gasteiger partial charge < -0.3 is 9.84 Å². The number of benzene rings is 2. The van der Waals surface area contributed by atoms with E-state index in [-0.39, 0.29) is 5.91 Å². The van der Waals surface area contributed by atoms with Crippen molar-refractivity contribution in [1.29, 1.82) is 0 Å². The molecule has 7 heteroatoms. The maximum Gasteiger partial charge on any atom is 0.252 e. The Kier molecular flexibility index (Phi) is 5.76. The Bertz CT molecular complexity index is 1110. The second-order valence-corrected chi connectivity index (χ2v) is 7.50. The third-order valence-electron chi connectivity index (χ3n) is 4.36. The molecule has 2 aromatic heterocycles. The second-order valence-electron chi connectivity index (χ2n) is 6.48. The molecule has 0 aliphatic rings. The van der Waals surface area contributed by atoms with Gasteiger partial charge in [-0.05, 0) is 36.8 Å². The third kappa shape index (κ3) is 4.57. The fourth-order valence-electron chi connectivity index (χ4n) is 2.98. The van der Waals surface area contributed by atoms with E-state index in [1.54, 1.807) is 22.6 Å². The number of para-hydroxylation sites is 1. The number of nitrogens with one attached hydrogen (secondary N) is 1. The van der Waals surface area contributed by atoms with Gasteiger partial charge in [0.2, 0.25) is 0 Å². The van der Waals surface area contributed by atoms with Crippen molar-refractivity contribution in [3.8, 4) is 5.69 Å². The molecule has 0 aliphatic heterocycles. The minimum Gasteiger partial charge on any atom is -0.360 e. The monoisotopic (exact) mass is 404 g/mol. The second kappa shape index (κ2) is 8.79. The first kappa shape index (κ1) is 19.0. The van der Waals surface area contributed by atoms with Crippen molar-refractivity contribution in [2.24, 2.45) is 0 Å². The lowest BCUT2D eigenvalue weighted by Crippen LogP contribution is -2.24. The number of carbonyl (C=O) groups excluding carboxylic acids is 1. The van der Waals surface area contributed by atoms with E-state index in [1.165, 1.54) is 0 Å². The largest absolute Gasteiger partial charge is 0.360 e. The van der Waals surface area contributed by atoms with Crippen molar-refractivity contribution in [3.05, 3.63) is 95.6 Å². The summed E-state index contributed by atoms with van der Waals surface area (Å²) in [6, 6.07) is 19.2. The first-order chi connectivity index (χ1) is 14.2. The highest BCUT2D eigenvalue weighted by atomic mass is 32.2. The molecular formula is C22H20N4O2S. The average Bonchev–Trinajstić information content (AvgIpc) is 3.43. The molecule has 0 spiro atoms. The summed E-state index contributed by atoms with van der Waals surface area (Å²) >= 11 is 1.56. The minimum atomic E-state index is -0.114. The fraction of sp³-hybridized carbons (Fsp3) is 0.136. The summed E-state index contributed by atoms with van der Waals surface area (Å²) < 4.78 is 7.06. The van der Waals surface area contributed by atoms with Crippen LogP contribution in [0.3, 0.4) is 0 Å². The van der Waals surface area contributed by atoms with Crippen LogP contribution in [0.25, 0.3) is 5.69 Å². The topological polar surface area (TPSA) is 73.0 Å². The smallest absolute Gasteiger partial charge is 0.252 e. The molecule has 2 aromatic carbocycles. The normalized spacial score (nSPS) is 10.8. The number of hydrogen-bond acceptors (Lipinski definition) is 5. The number of thioether (sulfide) groups is 1. The summed E-state index contributed by atoms with van der Waals surface area (Å²) in [6.45, 7) is 2.30. The molecule has 0 atom stereocenters. The molecule has 1 N–H and O–H groups in total. The van der Waals surface area contributed by atoms with Gasteiger partial charge in [0, 0.05) is 29.9 Å². The van der Waals surface area contributed by atoms with E-state index in [0.717, 1.165) is 27.6 Å². The highest BCUT2D eigenvalue weighted by molar-refractivity contribution is 7.98. The summed E-state index contributed by atoms with van der Waals surface area (Å²) in [7, 11) is 0. The molecule has 146 valence electrons. The molecule has 2 heterocycles. The molecule has 4 rings (SSSR count). The van der Waals surface area contributed by atoms with Crippen molar-refractivity contribution in [2.75, 3.05) is 0 Å². The predicted octanol–water partition coefficient (Wildman–Crippen LogP) is 4.39. The molecule has 0 saturated carbocycles. The highest BCUT2D eigenvalue weighted by Crippen LogP contribution is 2.26. The van der Waals surface area contributed by atoms with E-state index in [2.05, 4.69) is 15.6 Å². The standard InChI is InChI=1S/C22H20N4O2S/c1-16-13-18(28-25-16)15-29-21-10-5-3-8-19(21)22(27)23-14-17-7-2-4-9-20(17)26-12-6-11-24-26/h2-13H,14-15H2,1H3,(H,23,27). The predicted molar refractivity (Wildman–Crippen MR) is 112 cm³/mol. The number of hydrogen-bond donors (Lipinski definition) is 1. The minimum absolute atomic E-state index is 0.114. The van der Waals surface area contributed by atoms with Gasteiger partial charge in [0.15, 0.2) is 0 Å². The lowest BCUT2D eigenvalue weighted by Gasteiger charge is -2.12. The van der Waals surface area contributed by atoms with Gasteiger partial charge in [-0.15, -0.1) is 11.8 Å². The Morgan fingerprint density at radius 3 is 2.76 bits per heavy atom. The number of aromatic nitrogens is 3. The number of rotatable bonds is 7. The van der Waals surface area contributed by atoms with E-state index in [0.29, 0.717) is 17.9 Å². The van der Waals surface area contributed by atoms with Crippen LogP contribution in [0.15, 0.2) is 82.5 Å². The molecule has 1 amide bonds. The molecule has 4 aromatic rings. The SMILES string of the molecule is Cc1cc(CSc2ccccc2C(=O)NCc2ccccc2-n2cccn2)on1. The van der Waals surface area contributed by atoms with Crippen LogP contribution in [0.2, 0.25) is 0 Å². The number of amides is 1. The summed E-state index contributed by atoms with van der Waals surface area (Å²) in [5, 5.41) is 11.2. The molecule has 0 aliphatic carbocycles. The Morgan fingerprint density at radius 2 is 1.97 bits per heavy atom.